The molecule has 0 aliphatic carbocycles. The topological polar surface area (TPSA) is 85.8 Å². The van der Waals surface area contributed by atoms with Gasteiger partial charge in [0.15, 0.2) is 5.96 Å². The number of guanidine groups is 1. The van der Waals surface area contributed by atoms with E-state index in [4.69, 9.17) is 0 Å². The molecule has 172 valence electrons. The highest BCUT2D eigenvalue weighted by molar-refractivity contribution is 5.94. The van der Waals surface area contributed by atoms with E-state index in [9.17, 15) is 9.59 Å². The van der Waals surface area contributed by atoms with Gasteiger partial charge in [0, 0.05) is 44.4 Å². The van der Waals surface area contributed by atoms with Gasteiger partial charge in [0.05, 0.1) is 6.54 Å². The third-order valence-electron chi connectivity index (χ3n) is 5.14. The molecule has 0 spiro atoms. The lowest BCUT2D eigenvalue weighted by Gasteiger charge is -2.18. The molecule has 0 aromatic heterocycles. The minimum Gasteiger partial charge on any atom is -0.357 e. The van der Waals surface area contributed by atoms with Gasteiger partial charge in [-0.15, -0.1) is 0 Å². The number of rotatable bonds is 10. The molecule has 2 aromatic carbocycles. The normalized spacial score (nSPS) is 11.1. The first-order valence-electron chi connectivity index (χ1n) is 11.2. The number of hydrogen-bond donors (Lipinski definition) is 3. The number of carbonyl (C=O) groups excluding carboxylic acids is 2. The average molecular weight is 438 g/mol. The minimum absolute atomic E-state index is 0.0561. The van der Waals surface area contributed by atoms with E-state index in [0.29, 0.717) is 37.3 Å². The van der Waals surface area contributed by atoms with Gasteiger partial charge in [-0.1, -0.05) is 24.3 Å². The van der Waals surface area contributed by atoms with Crippen molar-refractivity contribution < 1.29 is 9.59 Å². The van der Waals surface area contributed by atoms with E-state index in [2.05, 4.69) is 20.9 Å². The average Bonchev–Trinajstić information content (AvgIpc) is 2.83. The van der Waals surface area contributed by atoms with Crippen molar-refractivity contribution in [3.05, 3.63) is 70.8 Å². The minimum atomic E-state index is -0.0838. The fourth-order valence-electron chi connectivity index (χ4n) is 3.30. The fourth-order valence-corrected chi connectivity index (χ4v) is 3.30. The van der Waals surface area contributed by atoms with Crippen LogP contribution < -0.4 is 16.0 Å². The van der Waals surface area contributed by atoms with E-state index in [0.717, 1.165) is 30.1 Å². The standard InChI is InChI=1S/C25H35N5O2/c1-5-27-25(28-16-15-19-9-8-10-22(17-19)23(31)26-4)29-18-20-11-13-21(14-12-20)24(32)30(6-2)7-3/h8-14,17H,5-7,15-16,18H2,1-4H3,(H,26,31)(H2,27,28,29). The SMILES string of the molecule is CCNC(=NCc1ccc(C(=O)N(CC)CC)cc1)NCCc1cccc(C(=O)NC)c1. The van der Waals surface area contributed by atoms with E-state index in [-0.39, 0.29) is 11.8 Å². The molecule has 3 N–H and O–H groups in total. The molecule has 0 heterocycles. The van der Waals surface area contributed by atoms with E-state index in [1.165, 1.54) is 0 Å². The van der Waals surface area contributed by atoms with Crippen molar-refractivity contribution in [2.45, 2.75) is 33.7 Å². The summed E-state index contributed by atoms with van der Waals surface area (Å²) < 4.78 is 0. The molecule has 7 nitrogen and oxygen atoms in total. The maximum Gasteiger partial charge on any atom is 0.253 e. The Balaban J connectivity index is 1.94. The van der Waals surface area contributed by atoms with Gasteiger partial charge in [-0.3, -0.25) is 9.59 Å². The molecule has 2 rings (SSSR count). The number of benzene rings is 2. The van der Waals surface area contributed by atoms with Crippen LogP contribution in [0.5, 0.6) is 0 Å². The van der Waals surface area contributed by atoms with Crippen LogP contribution in [0.15, 0.2) is 53.5 Å². The van der Waals surface area contributed by atoms with Crippen LogP contribution in [0, 0.1) is 0 Å². The van der Waals surface area contributed by atoms with Gasteiger partial charge in [-0.2, -0.15) is 0 Å². The molecule has 0 aliphatic rings. The molecule has 0 radical (unpaired) electrons. The fraction of sp³-hybridized carbons (Fsp3) is 0.400. The van der Waals surface area contributed by atoms with Crippen molar-refractivity contribution in [1.29, 1.82) is 0 Å². The summed E-state index contributed by atoms with van der Waals surface area (Å²) in [6.45, 7) is 9.37. The predicted molar refractivity (Wildman–Crippen MR) is 130 cm³/mol. The molecular formula is C25H35N5O2. The van der Waals surface area contributed by atoms with E-state index < -0.39 is 0 Å². The van der Waals surface area contributed by atoms with Gasteiger partial charge in [-0.25, -0.2) is 4.99 Å². The van der Waals surface area contributed by atoms with Gasteiger partial charge in [0.1, 0.15) is 0 Å². The molecule has 0 bridgehead atoms. The number of carbonyl (C=O) groups is 2. The molecule has 2 amide bonds. The molecule has 0 saturated carbocycles. The van der Waals surface area contributed by atoms with E-state index >= 15 is 0 Å². The maximum atomic E-state index is 12.4. The smallest absolute Gasteiger partial charge is 0.253 e. The molecule has 0 fully saturated rings. The Morgan fingerprint density at radius 1 is 0.906 bits per heavy atom. The second-order valence-electron chi connectivity index (χ2n) is 7.33. The van der Waals surface area contributed by atoms with Crippen molar-refractivity contribution >= 4 is 17.8 Å². The second kappa shape index (κ2) is 13.1. The van der Waals surface area contributed by atoms with E-state index in [1.807, 2.05) is 74.2 Å². The Kier molecular flexibility index (Phi) is 10.2. The maximum absolute atomic E-state index is 12.4. The largest absolute Gasteiger partial charge is 0.357 e. The summed E-state index contributed by atoms with van der Waals surface area (Å²) >= 11 is 0. The molecular weight excluding hydrogens is 402 g/mol. The molecule has 0 unspecified atom stereocenters. The lowest BCUT2D eigenvalue weighted by atomic mass is 10.1. The van der Waals surface area contributed by atoms with Crippen LogP contribution >= 0.6 is 0 Å². The Bertz CT molecular complexity index is 905. The summed E-state index contributed by atoms with van der Waals surface area (Å²) in [5.41, 5.74) is 3.48. The summed E-state index contributed by atoms with van der Waals surface area (Å²) in [5.74, 6) is 0.707. The lowest BCUT2D eigenvalue weighted by Crippen LogP contribution is -2.38. The zero-order valence-electron chi connectivity index (χ0n) is 19.6. The van der Waals surface area contributed by atoms with Crippen LogP contribution in [0.1, 0.15) is 52.6 Å². The number of nitrogens with one attached hydrogen (secondary N) is 3. The van der Waals surface area contributed by atoms with Crippen LogP contribution in [0.4, 0.5) is 0 Å². The second-order valence-corrected chi connectivity index (χ2v) is 7.33. The first-order valence-corrected chi connectivity index (χ1v) is 11.2. The lowest BCUT2D eigenvalue weighted by molar-refractivity contribution is 0.0772. The van der Waals surface area contributed by atoms with Crippen molar-refractivity contribution in [3.63, 3.8) is 0 Å². The number of aliphatic imine (C=N–C) groups is 1. The van der Waals surface area contributed by atoms with Crippen LogP contribution in [0.25, 0.3) is 0 Å². The van der Waals surface area contributed by atoms with Crippen molar-refractivity contribution in [2.75, 3.05) is 33.2 Å². The summed E-state index contributed by atoms with van der Waals surface area (Å²) in [5, 5.41) is 9.24. The van der Waals surface area contributed by atoms with Crippen LogP contribution in [-0.2, 0) is 13.0 Å². The molecule has 2 aromatic rings. The predicted octanol–water partition coefficient (Wildman–Crippen LogP) is 2.83. The third-order valence-corrected chi connectivity index (χ3v) is 5.14. The Labute approximate surface area is 191 Å². The number of nitrogens with zero attached hydrogens (tertiary/aromatic N) is 2. The zero-order valence-corrected chi connectivity index (χ0v) is 19.6. The van der Waals surface area contributed by atoms with Crippen LogP contribution in [0.2, 0.25) is 0 Å². The highest BCUT2D eigenvalue weighted by atomic mass is 16.2. The van der Waals surface area contributed by atoms with Gasteiger partial charge < -0.3 is 20.9 Å². The molecule has 7 heteroatoms. The highest BCUT2D eigenvalue weighted by Crippen LogP contribution is 2.09. The van der Waals surface area contributed by atoms with Crippen LogP contribution in [0.3, 0.4) is 0 Å². The molecule has 32 heavy (non-hydrogen) atoms. The monoisotopic (exact) mass is 437 g/mol. The van der Waals surface area contributed by atoms with Crippen molar-refractivity contribution in [3.8, 4) is 0 Å². The summed E-state index contributed by atoms with van der Waals surface area (Å²) in [7, 11) is 1.63. The van der Waals surface area contributed by atoms with Gasteiger partial charge >= 0.3 is 0 Å². The quantitative estimate of drug-likeness (QED) is 0.394. The highest BCUT2D eigenvalue weighted by Gasteiger charge is 2.11. The van der Waals surface area contributed by atoms with Gasteiger partial charge in [0.2, 0.25) is 0 Å². The summed E-state index contributed by atoms with van der Waals surface area (Å²) in [6.07, 6.45) is 0.775. The van der Waals surface area contributed by atoms with Crippen molar-refractivity contribution in [1.82, 2.24) is 20.9 Å². The Hall–Kier alpha value is -3.35. The molecule has 0 saturated heterocycles. The zero-order chi connectivity index (χ0) is 23.3. The molecule has 0 atom stereocenters. The van der Waals surface area contributed by atoms with Gasteiger partial charge in [-0.05, 0) is 62.6 Å². The molecule has 0 aliphatic heterocycles. The summed E-state index contributed by atoms with van der Waals surface area (Å²) in [6, 6.07) is 15.3. The van der Waals surface area contributed by atoms with Crippen LogP contribution in [-0.4, -0.2) is 55.9 Å². The van der Waals surface area contributed by atoms with Gasteiger partial charge in [0.25, 0.3) is 11.8 Å². The first kappa shape index (κ1) is 24.9. The van der Waals surface area contributed by atoms with Crippen molar-refractivity contribution in [2.24, 2.45) is 4.99 Å². The number of amides is 2. The first-order chi connectivity index (χ1) is 15.5. The Morgan fingerprint density at radius 2 is 1.62 bits per heavy atom. The Morgan fingerprint density at radius 3 is 2.25 bits per heavy atom. The third kappa shape index (κ3) is 7.41. The number of hydrogen-bond acceptors (Lipinski definition) is 3. The van der Waals surface area contributed by atoms with E-state index in [1.54, 1.807) is 7.05 Å². The summed E-state index contributed by atoms with van der Waals surface area (Å²) in [4.78, 5) is 30.7.